The highest BCUT2D eigenvalue weighted by atomic mass is 16.2. The highest BCUT2D eigenvalue weighted by molar-refractivity contribution is 5.78. The van der Waals surface area contributed by atoms with Crippen molar-refractivity contribution in [2.75, 3.05) is 39.8 Å². The van der Waals surface area contributed by atoms with Crippen molar-refractivity contribution in [2.45, 2.75) is 38.1 Å². The van der Waals surface area contributed by atoms with Crippen LogP contribution in [0.15, 0.2) is 24.3 Å². The zero-order valence-electron chi connectivity index (χ0n) is 14.4. The predicted molar refractivity (Wildman–Crippen MR) is 93.7 cm³/mol. The molecule has 3 rings (SSSR count). The first-order valence-corrected chi connectivity index (χ1v) is 8.90. The summed E-state index contributed by atoms with van der Waals surface area (Å²) in [5, 5.41) is 3.18. The van der Waals surface area contributed by atoms with Crippen LogP contribution in [0.5, 0.6) is 0 Å². The van der Waals surface area contributed by atoms with E-state index in [1.165, 1.54) is 30.4 Å². The van der Waals surface area contributed by atoms with Crippen molar-refractivity contribution in [2.24, 2.45) is 0 Å². The van der Waals surface area contributed by atoms with Gasteiger partial charge >= 0.3 is 0 Å². The van der Waals surface area contributed by atoms with E-state index in [2.05, 4.69) is 53.4 Å². The van der Waals surface area contributed by atoms with Gasteiger partial charge in [0.05, 0.1) is 6.54 Å². The van der Waals surface area contributed by atoms with E-state index >= 15 is 0 Å². The maximum atomic E-state index is 12.3. The SMILES string of the molecule is C[C@H]1CN(C)CCN1CC(=O)NC[C@@H]1CCCc2ccccc21. The first-order chi connectivity index (χ1) is 11.1. The number of amides is 1. The molecule has 1 N–H and O–H groups in total. The number of rotatable bonds is 4. The molecule has 1 heterocycles. The van der Waals surface area contributed by atoms with Gasteiger partial charge in [-0.05, 0) is 44.4 Å². The minimum absolute atomic E-state index is 0.171. The first kappa shape index (κ1) is 16.5. The molecule has 1 fully saturated rings. The van der Waals surface area contributed by atoms with E-state index in [1.54, 1.807) is 0 Å². The van der Waals surface area contributed by atoms with Crippen LogP contribution >= 0.6 is 0 Å². The summed E-state index contributed by atoms with van der Waals surface area (Å²) >= 11 is 0. The molecular formula is C19H29N3O. The number of nitrogens with one attached hydrogen (secondary N) is 1. The van der Waals surface area contributed by atoms with Crippen LogP contribution in [0, 0.1) is 0 Å². The van der Waals surface area contributed by atoms with Gasteiger partial charge in [0.25, 0.3) is 0 Å². The van der Waals surface area contributed by atoms with Crippen molar-refractivity contribution in [3.63, 3.8) is 0 Å². The average Bonchev–Trinajstić information content (AvgIpc) is 2.55. The van der Waals surface area contributed by atoms with Gasteiger partial charge in [-0.25, -0.2) is 0 Å². The lowest BCUT2D eigenvalue weighted by Crippen LogP contribution is -2.53. The van der Waals surface area contributed by atoms with E-state index in [0.717, 1.165) is 26.2 Å². The standard InChI is InChI=1S/C19H29N3O/c1-15-13-21(2)10-11-22(15)14-19(23)20-12-17-8-5-7-16-6-3-4-9-18(16)17/h3-4,6,9,15,17H,5,7-8,10-14H2,1-2H3,(H,20,23)/t15-,17-/m0/s1. The fourth-order valence-electron chi connectivity index (χ4n) is 3.96. The molecule has 2 atom stereocenters. The summed E-state index contributed by atoms with van der Waals surface area (Å²) in [6.45, 7) is 6.59. The van der Waals surface area contributed by atoms with Crippen molar-refractivity contribution in [1.29, 1.82) is 0 Å². The van der Waals surface area contributed by atoms with E-state index in [4.69, 9.17) is 0 Å². The molecule has 126 valence electrons. The number of piperazine rings is 1. The van der Waals surface area contributed by atoms with Gasteiger partial charge in [0, 0.05) is 38.1 Å². The smallest absolute Gasteiger partial charge is 0.234 e. The monoisotopic (exact) mass is 315 g/mol. The molecule has 1 aromatic rings. The second kappa shape index (κ2) is 7.45. The number of hydrogen-bond acceptors (Lipinski definition) is 3. The molecule has 0 spiro atoms. The van der Waals surface area contributed by atoms with Crippen molar-refractivity contribution in [3.05, 3.63) is 35.4 Å². The molecule has 1 amide bonds. The molecule has 0 radical (unpaired) electrons. The van der Waals surface area contributed by atoms with Crippen LogP contribution in [0.3, 0.4) is 0 Å². The number of likely N-dealkylation sites (N-methyl/N-ethyl adjacent to an activating group) is 1. The minimum Gasteiger partial charge on any atom is -0.354 e. The topological polar surface area (TPSA) is 35.6 Å². The Bertz CT molecular complexity index is 545. The number of benzene rings is 1. The number of carbonyl (C=O) groups excluding carboxylic acids is 1. The Morgan fingerprint density at radius 1 is 1.30 bits per heavy atom. The number of carbonyl (C=O) groups is 1. The summed E-state index contributed by atoms with van der Waals surface area (Å²) in [7, 11) is 2.15. The molecule has 0 unspecified atom stereocenters. The highest BCUT2D eigenvalue weighted by Gasteiger charge is 2.24. The van der Waals surface area contributed by atoms with Crippen LogP contribution in [0.25, 0.3) is 0 Å². The molecule has 0 aromatic heterocycles. The maximum absolute atomic E-state index is 12.3. The summed E-state index contributed by atoms with van der Waals surface area (Å²) in [4.78, 5) is 17.0. The number of hydrogen-bond donors (Lipinski definition) is 1. The van der Waals surface area contributed by atoms with E-state index < -0.39 is 0 Å². The van der Waals surface area contributed by atoms with Gasteiger partial charge in [-0.15, -0.1) is 0 Å². The normalized spacial score (nSPS) is 25.8. The quantitative estimate of drug-likeness (QED) is 0.921. The highest BCUT2D eigenvalue weighted by Crippen LogP contribution is 2.30. The largest absolute Gasteiger partial charge is 0.354 e. The molecule has 4 heteroatoms. The Labute approximate surface area is 139 Å². The van der Waals surface area contributed by atoms with Crippen molar-refractivity contribution >= 4 is 5.91 Å². The van der Waals surface area contributed by atoms with Gasteiger partial charge in [-0.1, -0.05) is 24.3 Å². The van der Waals surface area contributed by atoms with E-state index in [-0.39, 0.29) is 5.91 Å². The van der Waals surface area contributed by atoms with E-state index in [9.17, 15) is 4.79 Å². The first-order valence-electron chi connectivity index (χ1n) is 8.90. The second-order valence-electron chi connectivity index (χ2n) is 7.17. The Balaban J connectivity index is 1.50. The van der Waals surface area contributed by atoms with Crippen LogP contribution in [0.4, 0.5) is 0 Å². The van der Waals surface area contributed by atoms with Gasteiger partial charge in [-0.2, -0.15) is 0 Å². The zero-order valence-corrected chi connectivity index (χ0v) is 14.4. The van der Waals surface area contributed by atoms with Gasteiger partial charge in [0.15, 0.2) is 0 Å². The fourth-order valence-corrected chi connectivity index (χ4v) is 3.96. The molecule has 1 saturated heterocycles. The third-order valence-electron chi connectivity index (χ3n) is 5.35. The van der Waals surface area contributed by atoms with Crippen LogP contribution in [-0.4, -0.2) is 61.5 Å². The third-order valence-corrected chi connectivity index (χ3v) is 5.35. The van der Waals surface area contributed by atoms with Gasteiger partial charge in [0.2, 0.25) is 5.91 Å². The van der Waals surface area contributed by atoms with Crippen LogP contribution in [0.1, 0.15) is 36.8 Å². The average molecular weight is 315 g/mol. The molecule has 1 aliphatic heterocycles. The van der Waals surface area contributed by atoms with Crippen molar-refractivity contribution < 1.29 is 4.79 Å². The van der Waals surface area contributed by atoms with Gasteiger partial charge in [-0.3, -0.25) is 9.69 Å². The molecule has 0 saturated carbocycles. The van der Waals surface area contributed by atoms with E-state index in [0.29, 0.717) is 18.5 Å². The van der Waals surface area contributed by atoms with E-state index in [1.807, 2.05) is 0 Å². The van der Waals surface area contributed by atoms with Gasteiger partial charge in [0.1, 0.15) is 0 Å². The molecule has 2 aliphatic rings. The Hall–Kier alpha value is -1.39. The number of aryl methyl sites for hydroxylation is 1. The Morgan fingerprint density at radius 2 is 2.13 bits per heavy atom. The second-order valence-corrected chi connectivity index (χ2v) is 7.17. The third kappa shape index (κ3) is 4.12. The Kier molecular flexibility index (Phi) is 5.34. The maximum Gasteiger partial charge on any atom is 0.234 e. The summed E-state index contributed by atoms with van der Waals surface area (Å²) in [5.74, 6) is 0.651. The lowest BCUT2D eigenvalue weighted by molar-refractivity contribution is -0.123. The van der Waals surface area contributed by atoms with Gasteiger partial charge < -0.3 is 10.2 Å². The predicted octanol–water partition coefficient (Wildman–Crippen LogP) is 1.86. The lowest BCUT2D eigenvalue weighted by Gasteiger charge is -2.37. The number of nitrogens with zero attached hydrogens (tertiary/aromatic N) is 2. The Morgan fingerprint density at radius 3 is 2.96 bits per heavy atom. The number of fused-ring (bicyclic) bond motifs is 1. The molecular weight excluding hydrogens is 286 g/mol. The van der Waals surface area contributed by atoms with Crippen LogP contribution in [-0.2, 0) is 11.2 Å². The zero-order chi connectivity index (χ0) is 16.2. The molecule has 1 aromatic carbocycles. The summed E-state index contributed by atoms with van der Waals surface area (Å²) in [6.07, 6.45) is 3.59. The lowest BCUT2D eigenvalue weighted by atomic mass is 9.83. The summed E-state index contributed by atoms with van der Waals surface area (Å²) < 4.78 is 0. The summed E-state index contributed by atoms with van der Waals surface area (Å²) in [6, 6.07) is 9.15. The molecule has 4 nitrogen and oxygen atoms in total. The molecule has 0 bridgehead atoms. The minimum atomic E-state index is 0.171. The fraction of sp³-hybridized carbons (Fsp3) is 0.632. The molecule has 1 aliphatic carbocycles. The van der Waals surface area contributed by atoms with Crippen molar-refractivity contribution in [1.82, 2.24) is 15.1 Å². The van der Waals surface area contributed by atoms with Crippen LogP contribution in [0.2, 0.25) is 0 Å². The van der Waals surface area contributed by atoms with Crippen molar-refractivity contribution in [3.8, 4) is 0 Å². The molecule has 23 heavy (non-hydrogen) atoms. The van der Waals surface area contributed by atoms with Crippen LogP contribution < -0.4 is 5.32 Å². The summed E-state index contributed by atoms with van der Waals surface area (Å²) in [5.41, 5.74) is 2.90.